The summed E-state index contributed by atoms with van der Waals surface area (Å²) in [6.07, 6.45) is 1.46. The molecule has 0 bridgehead atoms. The van der Waals surface area contributed by atoms with Crippen LogP contribution in [0, 0.1) is 0 Å². The number of halogens is 2. The van der Waals surface area contributed by atoms with Crippen molar-refractivity contribution in [2.45, 2.75) is 25.4 Å². The molecule has 0 aromatic carbocycles. The van der Waals surface area contributed by atoms with Crippen LogP contribution in [-0.2, 0) is 9.53 Å². The fraction of sp³-hybridized carbons (Fsp3) is 0.875. The van der Waals surface area contributed by atoms with E-state index in [9.17, 15) is 13.6 Å². The fourth-order valence-electron chi connectivity index (χ4n) is 0.579. The van der Waals surface area contributed by atoms with E-state index in [1.165, 1.54) is 13.3 Å². The summed E-state index contributed by atoms with van der Waals surface area (Å²) in [5, 5.41) is 0. The minimum absolute atomic E-state index is 0.0914. The van der Waals surface area contributed by atoms with Gasteiger partial charge >= 0.3 is 11.6 Å². The highest BCUT2D eigenvalue weighted by molar-refractivity contribution is 7.58. The van der Waals surface area contributed by atoms with Crippen LogP contribution in [0.5, 0.6) is 0 Å². The number of hydrogen-bond donors (Lipinski definition) is 0. The summed E-state index contributed by atoms with van der Waals surface area (Å²) in [5.74, 6) is -1.38. The second-order valence-corrected chi connectivity index (χ2v) is 5.28. The zero-order valence-electron chi connectivity index (χ0n) is 8.14. The van der Waals surface area contributed by atoms with Crippen molar-refractivity contribution < 1.29 is 18.3 Å². The van der Waals surface area contributed by atoms with Crippen LogP contribution >= 0.6 is 7.92 Å². The molecule has 0 amide bonds. The zero-order chi connectivity index (χ0) is 10.5. The van der Waals surface area contributed by atoms with E-state index in [1.54, 1.807) is 0 Å². The Kier molecular flexibility index (Phi) is 5.38. The summed E-state index contributed by atoms with van der Waals surface area (Å²) >= 11 is 0. The second kappa shape index (κ2) is 5.48. The van der Waals surface area contributed by atoms with E-state index < -0.39 is 19.6 Å². The largest absolute Gasteiger partial charge is 0.461 e. The van der Waals surface area contributed by atoms with E-state index in [2.05, 4.69) is 4.74 Å². The Balaban J connectivity index is 3.95. The minimum Gasteiger partial charge on any atom is -0.461 e. The molecule has 0 aromatic rings. The molecule has 5 heteroatoms. The SMILES string of the molecule is CCCCOC(=O)C(F)(F)P(C)C. The summed E-state index contributed by atoms with van der Waals surface area (Å²) in [6, 6.07) is 0. The normalized spacial score (nSPS) is 11.8. The maximum absolute atomic E-state index is 12.9. The van der Waals surface area contributed by atoms with Crippen molar-refractivity contribution in [3.05, 3.63) is 0 Å². The molecule has 0 heterocycles. The minimum atomic E-state index is -3.29. The molecule has 0 radical (unpaired) electrons. The molecule has 0 rings (SSSR count). The molecule has 2 nitrogen and oxygen atoms in total. The smallest absolute Gasteiger partial charge is 0.381 e. The van der Waals surface area contributed by atoms with Crippen LogP contribution in [0.1, 0.15) is 19.8 Å². The van der Waals surface area contributed by atoms with Gasteiger partial charge < -0.3 is 4.74 Å². The predicted molar refractivity (Wildman–Crippen MR) is 49.6 cm³/mol. The van der Waals surface area contributed by atoms with E-state index >= 15 is 0 Å². The highest BCUT2D eigenvalue weighted by atomic mass is 31.1. The van der Waals surface area contributed by atoms with E-state index in [-0.39, 0.29) is 6.61 Å². The van der Waals surface area contributed by atoms with Gasteiger partial charge in [0.2, 0.25) is 0 Å². The first kappa shape index (κ1) is 12.8. The van der Waals surface area contributed by atoms with Crippen molar-refractivity contribution in [1.82, 2.24) is 0 Å². The first-order valence-electron chi connectivity index (χ1n) is 4.15. The molecular weight excluding hydrogens is 197 g/mol. The van der Waals surface area contributed by atoms with Crippen molar-refractivity contribution in [2.75, 3.05) is 19.9 Å². The van der Waals surface area contributed by atoms with Crippen LogP contribution in [0.2, 0.25) is 0 Å². The maximum Gasteiger partial charge on any atom is 0.381 e. The van der Waals surface area contributed by atoms with Gasteiger partial charge in [-0.25, -0.2) is 4.79 Å². The average molecular weight is 212 g/mol. The van der Waals surface area contributed by atoms with Gasteiger partial charge in [0.15, 0.2) is 0 Å². The molecule has 0 aliphatic rings. The van der Waals surface area contributed by atoms with Gasteiger partial charge in [-0.3, -0.25) is 0 Å². The lowest BCUT2D eigenvalue weighted by molar-refractivity contribution is -0.160. The van der Waals surface area contributed by atoms with Gasteiger partial charge in [-0.05, 0) is 27.7 Å². The molecule has 0 N–H and O–H groups in total. The number of esters is 1. The molecule has 0 aliphatic carbocycles. The van der Waals surface area contributed by atoms with Gasteiger partial charge in [-0.1, -0.05) is 13.3 Å². The Morgan fingerprint density at radius 1 is 1.46 bits per heavy atom. The molecule has 0 atom stereocenters. The molecule has 0 aromatic heterocycles. The Bertz CT molecular complexity index is 172. The molecular formula is C8H15F2O2P. The first-order valence-corrected chi connectivity index (χ1v) is 6.39. The third-order valence-corrected chi connectivity index (χ3v) is 2.84. The van der Waals surface area contributed by atoms with Crippen molar-refractivity contribution in [3.63, 3.8) is 0 Å². The number of carbonyl (C=O) groups excluding carboxylic acids is 1. The lowest BCUT2D eigenvalue weighted by atomic mass is 10.4. The standard InChI is InChI=1S/C8H15F2O2P/c1-4-5-6-12-7(11)8(9,10)13(2)3/h4-6H2,1-3H3. The Morgan fingerprint density at radius 3 is 2.38 bits per heavy atom. The van der Waals surface area contributed by atoms with Gasteiger partial charge in [0.25, 0.3) is 0 Å². The number of unbranched alkanes of at least 4 members (excludes halogenated alkanes) is 1. The highest BCUT2D eigenvalue weighted by Gasteiger charge is 2.43. The topological polar surface area (TPSA) is 26.3 Å². The monoisotopic (exact) mass is 212 g/mol. The summed E-state index contributed by atoms with van der Waals surface area (Å²) in [6.45, 7) is 4.71. The van der Waals surface area contributed by atoms with Crippen molar-refractivity contribution in [1.29, 1.82) is 0 Å². The van der Waals surface area contributed by atoms with Crippen LogP contribution in [0.4, 0.5) is 8.78 Å². The second-order valence-electron chi connectivity index (χ2n) is 2.93. The molecule has 0 fully saturated rings. The molecule has 78 valence electrons. The number of alkyl halides is 2. The maximum atomic E-state index is 12.9. The van der Waals surface area contributed by atoms with E-state index in [4.69, 9.17) is 0 Å². The number of carbonyl (C=O) groups is 1. The van der Waals surface area contributed by atoms with Crippen LogP contribution < -0.4 is 0 Å². The van der Waals surface area contributed by atoms with Crippen LogP contribution in [-0.4, -0.2) is 31.6 Å². The fourth-order valence-corrected chi connectivity index (χ4v) is 1.01. The number of ether oxygens (including phenoxy) is 1. The molecule has 0 saturated heterocycles. The van der Waals surface area contributed by atoms with Gasteiger partial charge in [0, 0.05) is 0 Å². The molecule has 13 heavy (non-hydrogen) atoms. The molecule has 0 spiro atoms. The Labute approximate surface area is 78.4 Å². The quantitative estimate of drug-likeness (QED) is 0.398. The lowest BCUT2D eigenvalue weighted by Crippen LogP contribution is -2.28. The van der Waals surface area contributed by atoms with E-state index in [0.717, 1.165) is 6.42 Å². The van der Waals surface area contributed by atoms with Crippen LogP contribution in [0.3, 0.4) is 0 Å². The van der Waals surface area contributed by atoms with Gasteiger partial charge in [-0.2, -0.15) is 8.78 Å². The lowest BCUT2D eigenvalue weighted by Gasteiger charge is -2.18. The summed E-state index contributed by atoms with van der Waals surface area (Å²) in [7, 11) is -1.61. The average Bonchev–Trinajstić information content (AvgIpc) is 2.04. The predicted octanol–water partition coefficient (Wildman–Crippen LogP) is 2.66. The van der Waals surface area contributed by atoms with Crippen LogP contribution in [0.25, 0.3) is 0 Å². The third-order valence-electron chi connectivity index (χ3n) is 1.54. The van der Waals surface area contributed by atoms with Crippen molar-refractivity contribution in [2.24, 2.45) is 0 Å². The van der Waals surface area contributed by atoms with Crippen molar-refractivity contribution in [3.8, 4) is 0 Å². The summed E-state index contributed by atoms with van der Waals surface area (Å²) in [5.41, 5.74) is -3.29. The number of rotatable bonds is 5. The van der Waals surface area contributed by atoms with E-state index in [1.807, 2.05) is 6.92 Å². The molecule has 0 aliphatic heterocycles. The highest BCUT2D eigenvalue weighted by Crippen LogP contribution is 2.46. The number of hydrogen-bond acceptors (Lipinski definition) is 2. The van der Waals surface area contributed by atoms with Crippen LogP contribution in [0.15, 0.2) is 0 Å². The van der Waals surface area contributed by atoms with Gasteiger partial charge in [0.1, 0.15) is 0 Å². The Hall–Kier alpha value is -0.240. The Morgan fingerprint density at radius 2 is 2.00 bits per heavy atom. The van der Waals surface area contributed by atoms with E-state index in [0.29, 0.717) is 6.42 Å². The first-order chi connectivity index (χ1) is 5.92. The third kappa shape index (κ3) is 3.99. The van der Waals surface area contributed by atoms with Gasteiger partial charge in [0.05, 0.1) is 6.61 Å². The zero-order valence-corrected chi connectivity index (χ0v) is 9.04. The van der Waals surface area contributed by atoms with Crippen molar-refractivity contribution >= 4 is 13.9 Å². The molecule has 0 unspecified atom stereocenters. The summed E-state index contributed by atoms with van der Waals surface area (Å²) in [4.78, 5) is 10.8. The van der Waals surface area contributed by atoms with Gasteiger partial charge in [-0.15, -0.1) is 0 Å². The molecule has 0 saturated carbocycles. The summed E-state index contributed by atoms with van der Waals surface area (Å²) < 4.78 is 30.3.